The molecule has 0 aliphatic carbocycles. The Labute approximate surface area is 236 Å². The maximum Gasteiger partial charge on any atom is 0.387 e. The van der Waals surface area contributed by atoms with Crippen molar-refractivity contribution in [3.63, 3.8) is 0 Å². The number of para-hydroxylation sites is 1. The molecule has 0 atom stereocenters. The molecular formula is C28H30ClF2N7O2. The predicted octanol–water partition coefficient (Wildman–Crippen LogP) is 5.76. The summed E-state index contributed by atoms with van der Waals surface area (Å²) < 4.78 is 33.8. The molecule has 0 spiro atoms. The Balaban J connectivity index is 1.78. The molecule has 0 unspecified atom stereocenters. The van der Waals surface area contributed by atoms with Crippen LogP contribution in [-0.4, -0.2) is 66.2 Å². The van der Waals surface area contributed by atoms with E-state index in [-0.39, 0.29) is 17.4 Å². The number of rotatable bonds is 11. The number of alkyl halides is 2. The first-order valence-electron chi connectivity index (χ1n) is 12.3. The molecule has 2 aromatic heterocycles. The van der Waals surface area contributed by atoms with E-state index in [1.54, 1.807) is 7.05 Å². The van der Waals surface area contributed by atoms with Gasteiger partial charge in [0.2, 0.25) is 11.9 Å². The molecule has 0 aliphatic heterocycles. The molecule has 9 nitrogen and oxygen atoms in total. The normalized spacial score (nSPS) is 11.2. The lowest BCUT2D eigenvalue weighted by Crippen LogP contribution is -2.29. The van der Waals surface area contributed by atoms with Crippen LogP contribution < -0.4 is 20.3 Å². The van der Waals surface area contributed by atoms with Gasteiger partial charge in [0, 0.05) is 55.9 Å². The zero-order valence-corrected chi connectivity index (χ0v) is 23.3. The number of fused-ring (bicyclic) bond motifs is 1. The van der Waals surface area contributed by atoms with Gasteiger partial charge in [-0.05, 0) is 32.3 Å². The number of carbonyl (C=O) groups excluding carboxylic acids is 1. The largest absolute Gasteiger partial charge is 0.433 e. The highest BCUT2D eigenvalue weighted by atomic mass is 35.5. The standard InChI is InChI=1S/C28H30ClF2N7O2/c1-6-25(39)33-20-13-21(24(40-27(30)31)14-23(20)37(4)12-11-36(2)3)34-28-32-15-19(29)26(35-28)18-16-38(5)22-10-8-7-9-17(18)22/h6-10,13-16,27H,1,11-12H2,2-5H3,(H,33,39)(H,32,34,35). The summed E-state index contributed by atoms with van der Waals surface area (Å²) in [7, 11) is 7.56. The molecule has 0 fully saturated rings. The number of aromatic nitrogens is 3. The van der Waals surface area contributed by atoms with Crippen LogP contribution in [0.15, 0.2) is 61.4 Å². The predicted molar refractivity (Wildman–Crippen MR) is 156 cm³/mol. The summed E-state index contributed by atoms with van der Waals surface area (Å²) in [5, 5.41) is 6.98. The van der Waals surface area contributed by atoms with E-state index in [0.29, 0.717) is 35.2 Å². The fourth-order valence-corrected chi connectivity index (χ4v) is 4.39. The van der Waals surface area contributed by atoms with E-state index in [9.17, 15) is 13.6 Å². The first-order valence-corrected chi connectivity index (χ1v) is 12.7. The fourth-order valence-electron chi connectivity index (χ4n) is 4.20. The molecule has 2 N–H and O–H groups in total. The third-order valence-corrected chi connectivity index (χ3v) is 6.47. The number of benzene rings is 2. The van der Waals surface area contributed by atoms with Crippen LogP contribution in [0.25, 0.3) is 22.2 Å². The lowest BCUT2D eigenvalue weighted by molar-refractivity contribution is -0.111. The Kier molecular flexibility index (Phi) is 8.86. The second-order valence-electron chi connectivity index (χ2n) is 9.35. The van der Waals surface area contributed by atoms with Crippen molar-refractivity contribution in [3.8, 4) is 17.0 Å². The zero-order chi connectivity index (χ0) is 29.0. The van der Waals surface area contributed by atoms with E-state index in [0.717, 1.165) is 22.5 Å². The van der Waals surface area contributed by atoms with Crippen LogP contribution in [-0.2, 0) is 11.8 Å². The number of hydrogen-bond donors (Lipinski definition) is 2. The van der Waals surface area contributed by atoms with Crippen LogP contribution in [0.5, 0.6) is 5.75 Å². The number of hydrogen-bond acceptors (Lipinski definition) is 7. The summed E-state index contributed by atoms with van der Waals surface area (Å²) in [4.78, 5) is 24.9. The maximum absolute atomic E-state index is 13.5. The molecule has 0 saturated heterocycles. The highest BCUT2D eigenvalue weighted by molar-refractivity contribution is 6.33. The van der Waals surface area contributed by atoms with Crippen molar-refractivity contribution in [2.45, 2.75) is 6.61 Å². The highest BCUT2D eigenvalue weighted by Crippen LogP contribution is 2.40. The molecule has 0 aliphatic rings. The van der Waals surface area contributed by atoms with Gasteiger partial charge in [0.15, 0.2) is 5.75 Å². The molecule has 0 bridgehead atoms. The van der Waals surface area contributed by atoms with E-state index < -0.39 is 12.5 Å². The average molecular weight is 570 g/mol. The van der Waals surface area contributed by atoms with Crippen molar-refractivity contribution in [2.75, 3.05) is 49.8 Å². The van der Waals surface area contributed by atoms with Crippen molar-refractivity contribution in [3.05, 3.63) is 66.5 Å². The van der Waals surface area contributed by atoms with Crippen LogP contribution in [0.2, 0.25) is 5.02 Å². The van der Waals surface area contributed by atoms with Crippen LogP contribution in [0, 0.1) is 0 Å². The molecule has 210 valence electrons. The molecule has 40 heavy (non-hydrogen) atoms. The first kappa shape index (κ1) is 28.8. The summed E-state index contributed by atoms with van der Waals surface area (Å²) >= 11 is 6.50. The Bertz CT molecular complexity index is 1540. The summed E-state index contributed by atoms with van der Waals surface area (Å²) in [6, 6.07) is 10.7. The summed E-state index contributed by atoms with van der Waals surface area (Å²) in [6.45, 7) is 1.65. The molecule has 2 aromatic carbocycles. The average Bonchev–Trinajstić information content (AvgIpc) is 3.25. The van der Waals surface area contributed by atoms with Crippen molar-refractivity contribution in [1.82, 2.24) is 19.4 Å². The monoisotopic (exact) mass is 569 g/mol. The number of nitrogens with one attached hydrogen (secondary N) is 2. The number of aryl methyl sites for hydroxylation is 1. The summed E-state index contributed by atoms with van der Waals surface area (Å²) in [5.41, 5.74) is 3.20. The second-order valence-corrected chi connectivity index (χ2v) is 9.76. The van der Waals surface area contributed by atoms with Gasteiger partial charge in [-0.1, -0.05) is 36.4 Å². The summed E-state index contributed by atoms with van der Waals surface area (Å²) in [5.74, 6) is -0.513. The van der Waals surface area contributed by atoms with E-state index in [1.165, 1.54) is 18.3 Å². The first-order chi connectivity index (χ1) is 19.1. The quantitative estimate of drug-likeness (QED) is 0.222. The van der Waals surface area contributed by atoms with Gasteiger partial charge in [0.05, 0.1) is 34.0 Å². The number of nitrogens with zero attached hydrogens (tertiary/aromatic N) is 5. The van der Waals surface area contributed by atoms with Crippen molar-refractivity contribution in [2.24, 2.45) is 7.05 Å². The van der Waals surface area contributed by atoms with E-state index in [1.807, 2.05) is 66.0 Å². The number of anilines is 4. The SMILES string of the molecule is C=CC(=O)Nc1cc(Nc2ncc(Cl)c(-c3cn(C)c4ccccc34)n2)c(OC(F)F)cc1N(C)CCN(C)C. The van der Waals surface area contributed by atoms with Crippen molar-refractivity contribution >= 4 is 51.4 Å². The number of likely N-dealkylation sites (N-methyl/N-ethyl adjacent to an activating group) is 2. The molecule has 1 amide bonds. The van der Waals surface area contributed by atoms with Gasteiger partial charge in [0.1, 0.15) is 0 Å². The minimum atomic E-state index is -3.09. The Hall–Kier alpha value is -4.22. The molecule has 0 saturated carbocycles. The number of amides is 1. The van der Waals surface area contributed by atoms with Gasteiger partial charge in [-0.25, -0.2) is 9.97 Å². The Morgan fingerprint density at radius 3 is 2.65 bits per heavy atom. The molecule has 4 rings (SSSR count). The van der Waals surface area contributed by atoms with Gasteiger partial charge < -0.3 is 29.7 Å². The van der Waals surface area contributed by atoms with Crippen molar-refractivity contribution in [1.29, 1.82) is 0 Å². The Morgan fingerprint density at radius 2 is 1.95 bits per heavy atom. The lowest BCUT2D eigenvalue weighted by Gasteiger charge is -2.26. The van der Waals surface area contributed by atoms with Crippen molar-refractivity contribution < 1.29 is 18.3 Å². The van der Waals surface area contributed by atoms with Gasteiger partial charge in [-0.2, -0.15) is 8.78 Å². The van der Waals surface area contributed by atoms with Crippen LogP contribution in [0.3, 0.4) is 0 Å². The van der Waals surface area contributed by atoms with E-state index in [4.69, 9.17) is 16.3 Å². The topological polar surface area (TPSA) is 87.5 Å². The molecule has 4 aromatic rings. The Morgan fingerprint density at radius 1 is 1.20 bits per heavy atom. The molecular weight excluding hydrogens is 540 g/mol. The zero-order valence-electron chi connectivity index (χ0n) is 22.6. The fraction of sp³-hybridized carbons (Fsp3) is 0.250. The summed E-state index contributed by atoms with van der Waals surface area (Å²) in [6.07, 6.45) is 4.47. The van der Waals surface area contributed by atoms with E-state index in [2.05, 4.69) is 27.2 Å². The number of halogens is 3. The number of ether oxygens (including phenoxy) is 1. The highest BCUT2D eigenvalue weighted by Gasteiger charge is 2.20. The third kappa shape index (κ3) is 6.49. The maximum atomic E-state index is 13.5. The second kappa shape index (κ2) is 12.3. The van der Waals surface area contributed by atoms with Crippen LogP contribution in [0.4, 0.5) is 31.8 Å². The third-order valence-electron chi connectivity index (χ3n) is 6.19. The minimum Gasteiger partial charge on any atom is -0.433 e. The minimum absolute atomic E-state index is 0.0983. The number of carbonyl (C=O) groups is 1. The van der Waals surface area contributed by atoms with E-state index >= 15 is 0 Å². The van der Waals surface area contributed by atoms with Gasteiger partial charge >= 0.3 is 6.61 Å². The smallest absolute Gasteiger partial charge is 0.387 e. The van der Waals surface area contributed by atoms with Gasteiger partial charge in [0.25, 0.3) is 0 Å². The van der Waals surface area contributed by atoms with Gasteiger partial charge in [-0.15, -0.1) is 0 Å². The molecule has 2 heterocycles. The van der Waals surface area contributed by atoms with Crippen LogP contribution >= 0.6 is 11.6 Å². The van der Waals surface area contributed by atoms with Crippen LogP contribution in [0.1, 0.15) is 0 Å². The van der Waals surface area contributed by atoms with Gasteiger partial charge in [-0.3, -0.25) is 4.79 Å². The molecule has 0 radical (unpaired) electrons. The molecule has 12 heteroatoms. The lowest BCUT2D eigenvalue weighted by atomic mass is 10.1.